The van der Waals surface area contributed by atoms with Crippen molar-refractivity contribution in [2.24, 2.45) is 5.10 Å². The number of nitriles is 1. The number of hydrogen-bond donors (Lipinski definition) is 2. The monoisotopic (exact) mass is 300 g/mol. The summed E-state index contributed by atoms with van der Waals surface area (Å²) in [5.74, 6) is 1.13. The molecule has 2 rings (SSSR count). The minimum Gasteiger partial charge on any atom is -0.504 e. The lowest BCUT2D eigenvalue weighted by Crippen LogP contribution is -1.94. The summed E-state index contributed by atoms with van der Waals surface area (Å²) in [6.45, 7) is 4.17. The predicted molar refractivity (Wildman–Crippen MR) is 81.1 cm³/mol. The second kappa shape index (κ2) is 7.13. The molecule has 22 heavy (non-hydrogen) atoms. The number of aromatic hydroxyl groups is 1. The number of benzene rings is 1. The average Bonchev–Trinajstić information content (AvgIpc) is 2.93. The maximum absolute atomic E-state index is 9.62. The summed E-state index contributed by atoms with van der Waals surface area (Å²) in [5, 5.41) is 22.6. The number of phenolic OH excluding ortho intramolecular Hbond substituents is 1. The van der Waals surface area contributed by atoms with E-state index < -0.39 is 0 Å². The Balaban J connectivity index is 2.11. The van der Waals surface area contributed by atoms with Crippen LogP contribution in [0.2, 0.25) is 0 Å². The number of nitrogens with zero attached hydrogens (tertiary/aromatic N) is 3. The van der Waals surface area contributed by atoms with Crippen LogP contribution in [0.25, 0.3) is 0 Å². The molecule has 0 aliphatic heterocycles. The van der Waals surface area contributed by atoms with Crippen LogP contribution in [0, 0.1) is 11.3 Å². The van der Waals surface area contributed by atoms with E-state index in [-0.39, 0.29) is 17.3 Å². The van der Waals surface area contributed by atoms with Crippen molar-refractivity contribution in [3.63, 3.8) is 0 Å². The van der Waals surface area contributed by atoms with Gasteiger partial charge in [-0.2, -0.15) is 10.4 Å². The van der Waals surface area contributed by atoms with Crippen molar-refractivity contribution in [2.45, 2.75) is 20.3 Å². The fraction of sp³-hybridized carbons (Fsp3) is 0.267. The Morgan fingerprint density at radius 1 is 1.50 bits per heavy atom. The van der Waals surface area contributed by atoms with Crippen LogP contribution in [0.4, 0.5) is 5.88 Å². The molecular formula is C15H16N4O3. The Hall–Kier alpha value is -3.01. The number of anilines is 1. The molecular weight excluding hydrogens is 284 g/mol. The fourth-order valence-corrected chi connectivity index (χ4v) is 1.71. The highest BCUT2D eigenvalue weighted by Crippen LogP contribution is 2.26. The molecule has 0 fully saturated rings. The number of aromatic nitrogens is 1. The molecule has 0 unspecified atom stereocenters. The molecule has 1 aromatic heterocycles. The number of aryl methyl sites for hydroxylation is 1. The molecule has 0 spiro atoms. The highest BCUT2D eigenvalue weighted by Gasteiger charge is 2.10. The number of phenols is 1. The summed E-state index contributed by atoms with van der Waals surface area (Å²) in [7, 11) is 0. The lowest BCUT2D eigenvalue weighted by Gasteiger charge is -2.05. The maximum Gasteiger partial charge on any atom is 0.252 e. The molecule has 7 nitrogen and oxygen atoms in total. The van der Waals surface area contributed by atoms with Crippen LogP contribution < -0.4 is 10.2 Å². The van der Waals surface area contributed by atoms with Crippen LogP contribution in [0.1, 0.15) is 31.0 Å². The number of oxazole rings is 1. The Morgan fingerprint density at radius 2 is 2.32 bits per heavy atom. The Morgan fingerprint density at radius 3 is 3.00 bits per heavy atom. The van der Waals surface area contributed by atoms with Gasteiger partial charge in [0.1, 0.15) is 6.07 Å². The minimum atomic E-state index is 0.0709. The van der Waals surface area contributed by atoms with Crippen LogP contribution in [0.5, 0.6) is 11.5 Å². The molecule has 2 aromatic rings. The first-order valence-corrected chi connectivity index (χ1v) is 6.82. The van der Waals surface area contributed by atoms with Crippen molar-refractivity contribution in [3.8, 4) is 17.6 Å². The maximum atomic E-state index is 9.62. The molecule has 0 saturated heterocycles. The number of hydrazone groups is 1. The van der Waals surface area contributed by atoms with Crippen LogP contribution in [-0.4, -0.2) is 22.9 Å². The molecule has 0 atom stereocenters. The summed E-state index contributed by atoms with van der Waals surface area (Å²) >= 11 is 0. The van der Waals surface area contributed by atoms with E-state index in [1.165, 1.54) is 12.3 Å². The van der Waals surface area contributed by atoms with Crippen molar-refractivity contribution in [2.75, 3.05) is 12.0 Å². The normalized spacial score (nSPS) is 10.6. The van der Waals surface area contributed by atoms with E-state index in [0.717, 1.165) is 5.56 Å². The Kier molecular flexibility index (Phi) is 4.98. The molecule has 0 amide bonds. The van der Waals surface area contributed by atoms with Crippen molar-refractivity contribution >= 4 is 12.1 Å². The van der Waals surface area contributed by atoms with Gasteiger partial charge in [-0.15, -0.1) is 0 Å². The Labute approximate surface area is 127 Å². The fourth-order valence-electron chi connectivity index (χ4n) is 1.71. The van der Waals surface area contributed by atoms with E-state index in [4.69, 9.17) is 14.4 Å². The van der Waals surface area contributed by atoms with Crippen molar-refractivity contribution in [1.82, 2.24) is 4.98 Å². The smallest absolute Gasteiger partial charge is 0.252 e. The van der Waals surface area contributed by atoms with E-state index in [1.54, 1.807) is 12.1 Å². The lowest BCUT2D eigenvalue weighted by molar-refractivity contribution is 0.318. The number of ether oxygens (including phenoxy) is 1. The van der Waals surface area contributed by atoms with E-state index in [2.05, 4.69) is 15.5 Å². The number of rotatable bonds is 6. The highest BCUT2D eigenvalue weighted by atomic mass is 16.5. The molecule has 2 N–H and O–H groups in total. The van der Waals surface area contributed by atoms with Gasteiger partial charge in [-0.1, -0.05) is 6.92 Å². The summed E-state index contributed by atoms with van der Waals surface area (Å²) < 4.78 is 10.6. The third-order valence-electron chi connectivity index (χ3n) is 2.74. The molecule has 0 aliphatic carbocycles. The zero-order chi connectivity index (χ0) is 15.9. The standard InChI is InChI=1S/C15H16N4O3/c1-3-14-18-11(8-16)15(22-14)19-17-9-10-5-6-12(20)13(7-10)21-4-2/h5-7,9,19-20H,3-4H2,1-2H3. The van der Waals surface area contributed by atoms with Gasteiger partial charge in [0.25, 0.3) is 5.88 Å². The van der Waals surface area contributed by atoms with Crippen LogP contribution in [-0.2, 0) is 6.42 Å². The van der Waals surface area contributed by atoms with Gasteiger partial charge < -0.3 is 14.3 Å². The van der Waals surface area contributed by atoms with E-state index in [1.807, 2.05) is 19.9 Å². The van der Waals surface area contributed by atoms with E-state index in [9.17, 15) is 5.11 Å². The zero-order valence-electron chi connectivity index (χ0n) is 12.3. The molecule has 0 bridgehead atoms. The van der Waals surface area contributed by atoms with Gasteiger partial charge in [0.15, 0.2) is 17.4 Å². The summed E-state index contributed by atoms with van der Waals surface area (Å²) in [5.41, 5.74) is 3.53. The molecule has 0 radical (unpaired) electrons. The van der Waals surface area contributed by atoms with E-state index in [0.29, 0.717) is 24.7 Å². The average molecular weight is 300 g/mol. The quantitative estimate of drug-likeness (QED) is 0.628. The molecule has 0 saturated carbocycles. The summed E-state index contributed by atoms with van der Waals surface area (Å²) in [6.07, 6.45) is 2.12. The zero-order valence-corrected chi connectivity index (χ0v) is 12.3. The van der Waals surface area contributed by atoms with Gasteiger partial charge >= 0.3 is 0 Å². The van der Waals surface area contributed by atoms with E-state index >= 15 is 0 Å². The topological polar surface area (TPSA) is 104 Å². The summed E-state index contributed by atoms with van der Waals surface area (Å²) in [6, 6.07) is 6.81. The van der Waals surface area contributed by atoms with Crippen LogP contribution in [0.3, 0.4) is 0 Å². The molecule has 0 aliphatic rings. The van der Waals surface area contributed by atoms with Gasteiger partial charge in [0, 0.05) is 6.42 Å². The van der Waals surface area contributed by atoms with Crippen LogP contribution >= 0.6 is 0 Å². The number of hydrogen-bond acceptors (Lipinski definition) is 7. The van der Waals surface area contributed by atoms with Gasteiger partial charge in [0.05, 0.1) is 12.8 Å². The largest absolute Gasteiger partial charge is 0.504 e. The third-order valence-corrected chi connectivity index (χ3v) is 2.74. The first-order valence-electron chi connectivity index (χ1n) is 6.82. The molecule has 7 heteroatoms. The second-order valence-electron chi connectivity index (χ2n) is 4.28. The van der Waals surface area contributed by atoms with Gasteiger partial charge in [-0.25, -0.2) is 10.4 Å². The number of nitrogens with one attached hydrogen (secondary N) is 1. The predicted octanol–water partition coefficient (Wildman–Crippen LogP) is 2.66. The molecule has 1 aromatic carbocycles. The van der Waals surface area contributed by atoms with Crippen molar-refractivity contribution < 1.29 is 14.3 Å². The first kappa shape index (κ1) is 15.4. The van der Waals surface area contributed by atoms with Gasteiger partial charge in [-0.3, -0.25) is 0 Å². The van der Waals surface area contributed by atoms with Crippen molar-refractivity contribution in [1.29, 1.82) is 5.26 Å². The third kappa shape index (κ3) is 3.55. The lowest BCUT2D eigenvalue weighted by atomic mass is 10.2. The van der Waals surface area contributed by atoms with Crippen LogP contribution in [0.15, 0.2) is 27.7 Å². The summed E-state index contributed by atoms with van der Waals surface area (Å²) in [4.78, 5) is 4.01. The minimum absolute atomic E-state index is 0.0709. The van der Waals surface area contributed by atoms with Crippen molar-refractivity contribution in [3.05, 3.63) is 35.3 Å². The van der Waals surface area contributed by atoms with Gasteiger partial charge in [-0.05, 0) is 30.7 Å². The first-order chi connectivity index (χ1) is 10.7. The Bertz CT molecular complexity index is 716. The SMILES string of the molecule is CCOc1cc(C=NNc2oc(CC)nc2C#N)ccc1O. The highest BCUT2D eigenvalue weighted by molar-refractivity contribution is 5.81. The van der Waals surface area contributed by atoms with Gasteiger partial charge in [0.2, 0.25) is 5.69 Å². The second-order valence-corrected chi connectivity index (χ2v) is 4.28. The molecule has 1 heterocycles. The molecule has 114 valence electrons.